The van der Waals surface area contributed by atoms with Crippen LogP contribution in [0.5, 0.6) is 11.5 Å². The number of hydrogen-bond donors (Lipinski definition) is 1. The van der Waals surface area contributed by atoms with Gasteiger partial charge in [-0.25, -0.2) is 4.79 Å². The van der Waals surface area contributed by atoms with Crippen LogP contribution >= 0.6 is 0 Å². The van der Waals surface area contributed by atoms with Gasteiger partial charge in [0, 0.05) is 33.2 Å². The number of ether oxygens (including phenoxy) is 2. The smallest absolute Gasteiger partial charge is 0.319 e. The Labute approximate surface area is 142 Å². The molecule has 1 N–H and O–H groups in total. The van der Waals surface area contributed by atoms with Crippen molar-refractivity contribution >= 4 is 11.9 Å². The second-order valence-electron chi connectivity index (χ2n) is 5.95. The van der Waals surface area contributed by atoms with Crippen molar-refractivity contribution in [3.8, 4) is 11.5 Å². The highest BCUT2D eigenvalue weighted by atomic mass is 16.5. The van der Waals surface area contributed by atoms with Crippen molar-refractivity contribution in [2.75, 3.05) is 41.4 Å². The van der Waals surface area contributed by atoms with Crippen molar-refractivity contribution in [1.29, 1.82) is 0 Å². The summed E-state index contributed by atoms with van der Waals surface area (Å²) >= 11 is 0. The molecule has 1 aromatic carbocycles. The van der Waals surface area contributed by atoms with Crippen LogP contribution in [0, 0.1) is 0 Å². The first-order valence-corrected chi connectivity index (χ1v) is 7.96. The fraction of sp³-hybridized carbons (Fsp3) is 0.529. The lowest BCUT2D eigenvalue weighted by Gasteiger charge is -2.34. The number of amides is 3. The minimum Gasteiger partial charge on any atom is -0.496 e. The van der Waals surface area contributed by atoms with Gasteiger partial charge >= 0.3 is 6.03 Å². The Morgan fingerprint density at radius 2 is 1.67 bits per heavy atom. The Hall–Kier alpha value is -2.44. The maximum absolute atomic E-state index is 12.6. The zero-order valence-electron chi connectivity index (χ0n) is 14.7. The standard InChI is InChI=1S/C17H25N3O4/c1-19(2)17(22)20-10-8-12(9-11-20)18-16(21)15-13(23-3)6-5-7-14(15)24-4/h5-7,12H,8-11H2,1-4H3,(H,18,21). The summed E-state index contributed by atoms with van der Waals surface area (Å²) in [5.41, 5.74) is 0.397. The lowest BCUT2D eigenvalue weighted by atomic mass is 10.0. The van der Waals surface area contributed by atoms with Crippen LogP contribution in [-0.4, -0.2) is 69.2 Å². The molecule has 1 aliphatic rings. The number of nitrogens with one attached hydrogen (secondary N) is 1. The second-order valence-corrected chi connectivity index (χ2v) is 5.95. The van der Waals surface area contributed by atoms with E-state index in [-0.39, 0.29) is 18.0 Å². The third-order valence-electron chi connectivity index (χ3n) is 4.14. The van der Waals surface area contributed by atoms with E-state index in [1.165, 1.54) is 14.2 Å². The molecule has 7 heteroatoms. The monoisotopic (exact) mass is 335 g/mol. The van der Waals surface area contributed by atoms with E-state index in [0.29, 0.717) is 30.2 Å². The number of hydrogen-bond acceptors (Lipinski definition) is 4. The van der Waals surface area contributed by atoms with Crippen molar-refractivity contribution < 1.29 is 19.1 Å². The Kier molecular flexibility index (Phi) is 5.89. The molecule has 7 nitrogen and oxygen atoms in total. The Morgan fingerprint density at radius 3 is 2.12 bits per heavy atom. The predicted octanol–water partition coefficient (Wildman–Crippen LogP) is 1.58. The van der Waals surface area contributed by atoms with Gasteiger partial charge in [-0.15, -0.1) is 0 Å². The van der Waals surface area contributed by atoms with Crippen molar-refractivity contribution in [3.63, 3.8) is 0 Å². The Morgan fingerprint density at radius 1 is 1.12 bits per heavy atom. The quantitative estimate of drug-likeness (QED) is 0.907. The minimum atomic E-state index is -0.221. The fourth-order valence-corrected chi connectivity index (χ4v) is 2.83. The van der Waals surface area contributed by atoms with E-state index in [9.17, 15) is 9.59 Å². The van der Waals surface area contributed by atoms with Crippen LogP contribution in [-0.2, 0) is 0 Å². The molecule has 0 aromatic heterocycles. The average Bonchev–Trinajstić information content (AvgIpc) is 2.60. The summed E-state index contributed by atoms with van der Waals surface area (Å²) in [6, 6.07) is 5.27. The van der Waals surface area contributed by atoms with Gasteiger partial charge in [-0.2, -0.15) is 0 Å². The third-order valence-corrected chi connectivity index (χ3v) is 4.14. The van der Waals surface area contributed by atoms with Crippen molar-refractivity contribution in [1.82, 2.24) is 15.1 Å². The summed E-state index contributed by atoms with van der Waals surface area (Å²) in [5, 5.41) is 3.02. The predicted molar refractivity (Wildman–Crippen MR) is 90.7 cm³/mol. The molecule has 0 atom stereocenters. The summed E-state index contributed by atoms with van der Waals surface area (Å²) in [4.78, 5) is 27.9. The van der Waals surface area contributed by atoms with Gasteiger partial charge in [0.25, 0.3) is 5.91 Å². The van der Waals surface area contributed by atoms with E-state index >= 15 is 0 Å². The number of carbonyl (C=O) groups excluding carboxylic acids is 2. The number of nitrogens with zero attached hydrogens (tertiary/aromatic N) is 2. The molecule has 3 amide bonds. The maximum Gasteiger partial charge on any atom is 0.319 e. The first-order valence-electron chi connectivity index (χ1n) is 7.96. The first kappa shape index (κ1) is 17.9. The molecule has 0 bridgehead atoms. The number of carbonyl (C=O) groups is 2. The van der Waals surface area contributed by atoms with Crippen LogP contribution in [0.1, 0.15) is 23.2 Å². The molecule has 24 heavy (non-hydrogen) atoms. The van der Waals surface area contributed by atoms with Crippen molar-refractivity contribution in [2.24, 2.45) is 0 Å². The maximum atomic E-state index is 12.6. The van der Waals surface area contributed by atoms with Gasteiger partial charge in [0.2, 0.25) is 0 Å². The number of rotatable bonds is 4. The Bertz CT molecular complexity index is 573. The van der Waals surface area contributed by atoms with E-state index in [1.807, 2.05) is 0 Å². The number of piperidine rings is 1. The summed E-state index contributed by atoms with van der Waals surface area (Å²) < 4.78 is 10.5. The number of likely N-dealkylation sites (tertiary alicyclic amines) is 1. The molecule has 0 unspecified atom stereocenters. The van der Waals surface area contributed by atoms with Crippen LogP contribution in [0.4, 0.5) is 4.79 Å². The van der Waals surface area contributed by atoms with E-state index in [4.69, 9.17) is 9.47 Å². The zero-order chi connectivity index (χ0) is 17.7. The highest BCUT2D eigenvalue weighted by Crippen LogP contribution is 2.28. The van der Waals surface area contributed by atoms with E-state index in [2.05, 4.69) is 5.32 Å². The molecule has 1 heterocycles. The Balaban J connectivity index is 2.01. The molecule has 0 saturated carbocycles. The SMILES string of the molecule is COc1cccc(OC)c1C(=O)NC1CCN(C(=O)N(C)C)CC1. The van der Waals surface area contributed by atoms with Gasteiger partial charge in [0.1, 0.15) is 17.1 Å². The van der Waals surface area contributed by atoms with Gasteiger partial charge in [0.15, 0.2) is 0 Å². The van der Waals surface area contributed by atoms with Crippen LogP contribution in [0.15, 0.2) is 18.2 Å². The van der Waals surface area contributed by atoms with Gasteiger partial charge in [0.05, 0.1) is 14.2 Å². The van der Waals surface area contributed by atoms with Gasteiger partial charge in [-0.3, -0.25) is 4.79 Å². The van der Waals surface area contributed by atoms with E-state index in [1.54, 1.807) is 42.1 Å². The van der Waals surface area contributed by atoms with Crippen LogP contribution in [0.25, 0.3) is 0 Å². The van der Waals surface area contributed by atoms with Crippen molar-refractivity contribution in [3.05, 3.63) is 23.8 Å². The van der Waals surface area contributed by atoms with Crippen LogP contribution in [0.3, 0.4) is 0 Å². The molecule has 1 saturated heterocycles. The van der Waals surface area contributed by atoms with Gasteiger partial charge in [-0.1, -0.05) is 6.07 Å². The topological polar surface area (TPSA) is 71.1 Å². The lowest BCUT2D eigenvalue weighted by Crippen LogP contribution is -2.49. The van der Waals surface area contributed by atoms with Crippen LogP contribution < -0.4 is 14.8 Å². The second kappa shape index (κ2) is 7.90. The summed E-state index contributed by atoms with van der Waals surface area (Å²) in [5.74, 6) is 0.737. The first-order chi connectivity index (χ1) is 11.5. The van der Waals surface area contributed by atoms with E-state index in [0.717, 1.165) is 12.8 Å². The molecule has 132 valence electrons. The summed E-state index contributed by atoms with van der Waals surface area (Å²) in [6.07, 6.45) is 1.45. The molecule has 0 aliphatic carbocycles. The molecule has 2 rings (SSSR count). The molecular formula is C17H25N3O4. The zero-order valence-corrected chi connectivity index (χ0v) is 14.7. The molecule has 0 spiro atoms. The number of benzene rings is 1. The molecule has 1 fully saturated rings. The fourth-order valence-electron chi connectivity index (χ4n) is 2.83. The number of urea groups is 1. The van der Waals surface area contributed by atoms with Crippen molar-refractivity contribution in [2.45, 2.75) is 18.9 Å². The largest absolute Gasteiger partial charge is 0.496 e. The highest BCUT2D eigenvalue weighted by molar-refractivity contribution is 5.99. The van der Waals surface area contributed by atoms with Gasteiger partial charge in [-0.05, 0) is 25.0 Å². The minimum absolute atomic E-state index is 0.00572. The third kappa shape index (κ3) is 3.90. The molecular weight excluding hydrogens is 310 g/mol. The van der Waals surface area contributed by atoms with E-state index < -0.39 is 0 Å². The highest BCUT2D eigenvalue weighted by Gasteiger charge is 2.26. The van der Waals surface area contributed by atoms with Gasteiger partial charge < -0.3 is 24.6 Å². The molecule has 0 radical (unpaired) electrons. The molecule has 1 aliphatic heterocycles. The summed E-state index contributed by atoms with van der Waals surface area (Å²) in [6.45, 7) is 1.26. The summed E-state index contributed by atoms with van der Waals surface area (Å²) in [7, 11) is 6.53. The number of methoxy groups -OCH3 is 2. The van der Waals surface area contributed by atoms with Crippen LogP contribution in [0.2, 0.25) is 0 Å². The molecule has 1 aromatic rings. The average molecular weight is 335 g/mol. The lowest BCUT2D eigenvalue weighted by molar-refractivity contribution is 0.0908. The normalized spacial score (nSPS) is 14.9.